The quantitative estimate of drug-likeness (QED) is 0.915. The van der Waals surface area contributed by atoms with Crippen LogP contribution in [0.3, 0.4) is 0 Å². The number of nitrogens with one attached hydrogen (secondary N) is 1. The number of nitrogens with zero attached hydrogens (tertiary/aromatic N) is 1. The average molecular weight is 260 g/mol. The molecule has 5 heteroatoms. The maximum absolute atomic E-state index is 11.8. The monoisotopic (exact) mass is 260 g/mol. The molecule has 0 atom stereocenters. The van der Waals surface area contributed by atoms with Crippen LogP contribution >= 0.6 is 0 Å². The summed E-state index contributed by atoms with van der Waals surface area (Å²) in [5, 5.41) is 2.57. The summed E-state index contributed by atoms with van der Waals surface area (Å²) in [5.41, 5.74) is 3.19. The molecule has 0 aliphatic heterocycles. The molecule has 1 N–H and O–H groups in total. The molecule has 0 aliphatic carbocycles. The van der Waals surface area contributed by atoms with E-state index < -0.39 is 5.63 Å². The largest absolute Gasteiger partial charge is 0.365 e. The van der Waals surface area contributed by atoms with Gasteiger partial charge in [-0.1, -0.05) is 18.2 Å². The first kappa shape index (κ1) is 13.1. The molecule has 0 bridgehead atoms. The van der Waals surface area contributed by atoms with Crippen LogP contribution < -0.4 is 10.9 Å². The number of aromatic nitrogens is 1. The maximum Gasteiger partial charge on any atom is 0.365 e. The van der Waals surface area contributed by atoms with Gasteiger partial charge >= 0.3 is 5.63 Å². The highest BCUT2D eigenvalue weighted by Gasteiger charge is 2.10. The van der Waals surface area contributed by atoms with E-state index in [1.807, 2.05) is 32.0 Å². The molecule has 2 aromatic rings. The van der Waals surface area contributed by atoms with Crippen molar-refractivity contribution in [3.05, 3.63) is 45.9 Å². The highest BCUT2D eigenvalue weighted by molar-refractivity contribution is 5.72. The molecule has 1 amide bonds. The lowest BCUT2D eigenvalue weighted by Crippen LogP contribution is -2.22. The molecular weight excluding hydrogens is 244 g/mol. The van der Waals surface area contributed by atoms with Gasteiger partial charge in [-0.15, -0.1) is 0 Å². The second-order valence-electron chi connectivity index (χ2n) is 4.53. The third-order valence-corrected chi connectivity index (χ3v) is 2.99. The van der Waals surface area contributed by atoms with Gasteiger partial charge in [0.1, 0.15) is 6.67 Å². The van der Waals surface area contributed by atoms with Gasteiger partial charge in [0, 0.05) is 6.92 Å². The Kier molecular flexibility index (Phi) is 3.55. The lowest BCUT2D eigenvalue weighted by molar-refractivity contribution is -0.119. The van der Waals surface area contributed by atoms with Crippen molar-refractivity contribution < 1.29 is 9.32 Å². The summed E-state index contributed by atoms with van der Waals surface area (Å²) in [4.78, 5) is 22.6. The second-order valence-corrected chi connectivity index (χ2v) is 4.53. The molecule has 0 fully saturated rings. The lowest BCUT2D eigenvalue weighted by atomic mass is 10.0. The highest BCUT2D eigenvalue weighted by Crippen LogP contribution is 2.19. The molecule has 0 spiro atoms. The van der Waals surface area contributed by atoms with E-state index in [9.17, 15) is 9.59 Å². The van der Waals surface area contributed by atoms with Gasteiger partial charge in [-0.3, -0.25) is 4.79 Å². The standard InChI is InChI=1S/C14H16N2O3/c1-9-4-5-12(6-10(9)2)13-7-16(19-14(13)18)8-15-11(3)17/h4-7H,8H2,1-3H3,(H,15,17). The summed E-state index contributed by atoms with van der Waals surface area (Å²) in [6.07, 6.45) is 1.60. The van der Waals surface area contributed by atoms with Gasteiger partial charge in [0.25, 0.3) is 0 Å². The minimum Gasteiger partial charge on any atom is -0.336 e. The fraction of sp³-hybridized carbons (Fsp3) is 0.286. The Morgan fingerprint density at radius 1 is 1.32 bits per heavy atom. The lowest BCUT2D eigenvalue weighted by Gasteiger charge is -2.02. The third-order valence-electron chi connectivity index (χ3n) is 2.99. The van der Waals surface area contributed by atoms with Gasteiger partial charge in [0.2, 0.25) is 5.91 Å². The van der Waals surface area contributed by atoms with Gasteiger partial charge in [0.15, 0.2) is 0 Å². The van der Waals surface area contributed by atoms with E-state index >= 15 is 0 Å². The zero-order chi connectivity index (χ0) is 14.0. The van der Waals surface area contributed by atoms with Crippen LogP contribution in [0.2, 0.25) is 0 Å². The van der Waals surface area contributed by atoms with Crippen LogP contribution in [0.5, 0.6) is 0 Å². The van der Waals surface area contributed by atoms with Crippen molar-refractivity contribution in [2.75, 3.05) is 0 Å². The summed E-state index contributed by atoms with van der Waals surface area (Å²) in [6, 6.07) is 5.80. The van der Waals surface area contributed by atoms with Gasteiger partial charge < -0.3 is 9.84 Å². The summed E-state index contributed by atoms with van der Waals surface area (Å²) < 4.78 is 6.35. The molecule has 0 aliphatic rings. The van der Waals surface area contributed by atoms with Crippen molar-refractivity contribution in [2.45, 2.75) is 27.4 Å². The van der Waals surface area contributed by atoms with Gasteiger partial charge in [0.05, 0.1) is 11.8 Å². The van der Waals surface area contributed by atoms with Crippen LogP contribution in [-0.2, 0) is 11.5 Å². The van der Waals surface area contributed by atoms with Crippen LogP contribution in [-0.4, -0.2) is 10.6 Å². The van der Waals surface area contributed by atoms with Crippen LogP contribution in [0, 0.1) is 13.8 Å². The Morgan fingerprint density at radius 2 is 2.05 bits per heavy atom. The number of rotatable bonds is 3. The minimum absolute atomic E-state index is 0.148. The van der Waals surface area contributed by atoms with E-state index in [1.165, 1.54) is 17.2 Å². The molecule has 1 aromatic heterocycles. The first-order valence-corrected chi connectivity index (χ1v) is 6.00. The molecule has 1 aromatic carbocycles. The smallest absolute Gasteiger partial charge is 0.336 e. The molecular formula is C14H16N2O3. The minimum atomic E-state index is -0.409. The van der Waals surface area contributed by atoms with Crippen LogP contribution in [0.25, 0.3) is 11.1 Å². The molecule has 2 rings (SSSR count). The maximum atomic E-state index is 11.8. The zero-order valence-electron chi connectivity index (χ0n) is 11.2. The second kappa shape index (κ2) is 5.14. The van der Waals surface area contributed by atoms with E-state index in [0.29, 0.717) is 5.56 Å². The summed E-state index contributed by atoms with van der Waals surface area (Å²) in [6.45, 7) is 5.57. The number of hydrogen-bond donors (Lipinski definition) is 1. The number of carbonyl (C=O) groups excluding carboxylic acids is 1. The van der Waals surface area contributed by atoms with E-state index in [2.05, 4.69) is 5.32 Å². The molecule has 0 saturated carbocycles. The van der Waals surface area contributed by atoms with Crippen molar-refractivity contribution >= 4 is 5.91 Å². The number of carbonyl (C=O) groups is 1. The Balaban J connectivity index is 2.32. The summed E-state index contributed by atoms with van der Waals surface area (Å²) >= 11 is 0. The Labute approximate surface area is 110 Å². The van der Waals surface area contributed by atoms with Crippen molar-refractivity contribution in [3.8, 4) is 11.1 Å². The predicted molar refractivity (Wildman–Crippen MR) is 71.7 cm³/mol. The van der Waals surface area contributed by atoms with Gasteiger partial charge in [-0.2, -0.15) is 4.74 Å². The van der Waals surface area contributed by atoms with E-state index in [4.69, 9.17) is 4.52 Å². The van der Waals surface area contributed by atoms with Crippen molar-refractivity contribution in [1.82, 2.24) is 10.1 Å². The predicted octanol–water partition coefficient (Wildman–Crippen LogP) is 1.82. The normalized spacial score (nSPS) is 10.5. The number of benzene rings is 1. The highest BCUT2D eigenvalue weighted by atomic mass is 16.5. The molecule has 5 nitrogen and oxygen atoms in total. The third kappa shape index (κ3) is 2.93. The average Bonchev–Trinajstić information content (AvgIpc) is 2.72. The number of aryl methyl sites for hydroxylation is 2. The van der Waals surface area contributed by atoms with Crippen molar-refractivity contribution in [1.29, 1.82) is 0 Å². The van der Waals surface area contributed by atoms with Crippen LogP contribution in [0.1, 0.15) is 18.1 Å². The SMILES string of the molecule is CC(=O)NCn1cc(-c2ccc(C)c(C)c2)c(=O)o1. The molecule has 1 heterocycles. The first-order valence-electron chi connectivity index (χ1n) is 6.00. The molecule has 0 radical (unpaired) electrons. The van der Waals surface area contributed by atoms with Gasteiger partial charge in [-0.25, -0.2) is 4.79 Å². The van der Waals surface area contributed by atoms with Gasteiger partial charge in [-0.05, 0) is 30.5 Å². The number of hydrogen-bond acceptors (Lipinski definition) is 3. The fourth-order valence-corrected chi connectivity index (χ4v) is 1.75. The Morgan fingerprint density at radius 3 is 2.68 bits per heavy atom. The number of amides is 1. The molecule has 0 saturated heterocycles. The van der Waals surface area contributed by atoms with Crippen LogP contribution in [0.15, 0.2) is 33.7 Å². The molecule has 100 valence electrons. The Bertz CT molecular complexity index is 668. The van der Waals surface area contributed by atoms with Crippen molar-refractivity contribution in [3.63, 3.8) is 0 Å². The Hall–Kier alpha value is -2.30. The molecule has 19 heavy (non-hydrogen) atoms. The molecule has 0 unspecified atom stereocenters. The first-order chi connectivity index (χ1) is 8.97. The van der Waals surface area contributed by atoms with E-state index in [-0.39, 0.29) is 12.6 Å². The summed E-state index contributed by atoms with van der Waals surface area (Å²) in [7, 11) is 0. The summed E-state index contributed by atoms with van der Waals surface area (Å²) in [5.74, 6) is -0.177. The van der Waals surface area contributed by atoms with E-state index in [1.54, 1.807) is 6.20 Å². The van der Waals surface area contributed by atoms with Crippen molar-refractivity contribution in [2.24, 2.45) is 0 Å². The van der Waals surface area contributed by atoms with Crippen LogP contribution in [0.4, 0.5) is 0 Å². The zero-order valence-corrected chi connectivity index (χ0v) is 11.2. The fourth-order valence-electron chi connectivity index (χ4n) is 1.75. The van der Waals surface area contributed by atoms with E-state index in [0.717, 1.165) is 11.1 Å². The topological polar surface area (TPSA) is 64.2 Å².